The fourth-order valence-corrected chi connectivity index (χ4v) is 2.52. The Kier molecular flexibility index (Phi) is 2.07. The molecular formula is C7H15NS. The highest BCUT2D eigenvalue weighted by atomic mass is 32.2. The normalized spacial score (nSPS) is 28.3. The Hall–Kier alpha value is 0.310. The van der Waals surface area contributed by atoms with Crippen molar-refractivity contribution in [2.75, 3.05) is 25.9 Å². The molecule has 0 spiro atoms. The van der Waals surface area contributed by atoms with E-state index in [1.807, 2.05) is 0 Å². The fraction of sp³-hybridized carbons (Fsp3) is 1.00. The van der Waals surface area contributed by atoms with Crippen molar-refractivity contribution in [1.82, 2.24) is 4.90 Å². The molecule has 0 aromatic heterocycles. The van der Waals surface area contributed by atoms with Crippen LogP contribution in [-0.4, -0.2) is 35.5 Å². The Morgan fingerprint density at radius 3 is 2.44 bits per heavy atom. The van der Waals surface area contributed by atoms with Crippen molar-refractivity contribution in [1.29, 1.82) is 0 Å². The first-order valence-corrected chi connectivity index (χ1v) is 4.41. The van der Waals surface area contributed by atoms with E-state index in [2.05, 4.69) is 37.6 Å². The monoisotopic (exact) mass is 145 g/mol. The number of hydrogen-bond donors (Lipinski definition) is 0. The van der Waals surface area contributed by atoms with Crippen LogP contribution in [0.4, 0.5) is 0 Å². The second-order valence-electron chi connectivity index (χ2n) is 3.35. The first kappa shape index (κ1) is 7.42. The molecule has 1 nitrogen and oxygen atoms in total. The van der Waals surface area contributed by atoms with Crippen molar-refractivity contribution in [3.05, 3.63) is 0 Å². The van der Waals surface area contributed by atoms with E-state index in [0.717, 1.165) is 0 Å². The highest BCUT2D eigenvalue weighted by molar-refractivity contribution is 8.00. The van der Waals surface area contributed by atoms with Crippen LogP contribution in [-0.2, 0) is 0 Å². The molecule has 0 aromatic rings. The number of nitrogens with zero attached hydrogens (tertiary/aromatic N) is 1. The molecule has 0 amide bonds. The Bertz CT molecular complexity index is 101. The summed E-state index contributed by atoms with van der Waals surface area (Å²) in [6.45, 7) is 7.12. The first-order chi connectivity index (χ1) is 4.10. The molecule has 0 aromatic carbocycles. The van der Waals surface area contributed by atoms with Gasteiger partial charge in [0.1, 0.15) is 0 Å². The van der Waals surface area contributed by atoms with Gasteiger partial charge in [-0.1, -0.05) is 0 Å². The third kappa shape index (κ3) is 2.18. The van der Waals surface area contributed by atoms with Gasteiger partial charge in [-0.2, -0.15) is 11.8 Å². The van der Waals surface area contributed by atoms with Gasteiger partial charge in [-0.25, -0.2) is 0 Å². The zero-order valence-corrected chi connectivity index (χ0v) is 7.29. The smallest absolute Gasteiger partial charge is 0.0231 e. The predicted octanol–water partition coefficient (Wildman–Crippen LogP) is 1.44. The average molecular weight is 145 g/mol. The number of hydrogen-bond acceptors (Lipinski definition) is 2. The quantitative estimate of drug-likeness (QED) is 0.507. The molecule has 1 fully saturated rings. The Morgan fingerprint density at radius 1 is 1.44 bits per heavy atom. The molecule has 0 saturated carbocycles. The summed E-state index contributed by atoms with van der Waals surface area (Å²) in [5, 5.41) is 0. The molecule has 0 N–H and O–H groups in total. The molecule has 1 heterocycles. The van der Waals surface area contributed by atoms with Gasteiger partial charge in [0.05, 0.1) is 0 Å². The van der Waals surface area contributed by atoms with E-state index < -0.39 is 0 Å². The lowest BCUT2D eigenvalue weighted by Crippen LogP contribution is -2.40. The van der Waals surface area contributed by atoms with Crippen LogP contribution in [0.25, 0.3) is 0 Å². The molecule has 1 saturated heterocycles. The molecule has 0 unspecified atom stereocenters. The van der Waals surface area contributed by atoms with E-state index in [1.54, 1.807) is 0 Å². The van der Waals surface area contributed by atoms with Crippen LogP contribution in [0, 0.1) is 0 Å². The van der Waals surface area contributed by atoms with Crippen LogP contribution in [0.3, 0.4) is 0 Å². The summed E-state index contributed by atoms with van der Waals surface area (Å²) in [4.78, 5) is 2.40. The lowest BCUT2D eigenvalue weighted by atomic mass is 10.2. The minimum Gasteiger partial charge on any atom is -0.304 e. The molecule has 54 valence electrons. The van der Waals surface area contributed by atoms with Crippen molar-refractivity contribution in [2.45, 2.75) is 18.6 Å². The van der Waals surface area contributed by atoms with Gasteiger partial charge in [-0.3, -0.25) is 0 Å². The highest BCUT2D eigenvalue weighted by Crippen LogP contribution is 2.28. The zero-order chi connectivity index (χ0) is 6.91. The first-order valence-electron chi connectivity index (χ1n) is 3.43. The molecule has 2 heteroatoms. The second kappa shape index (κ2) is 2.51. The maximum Gasteiger partial charge on any atom is 0.0231 e. The molecule has 0 aliphatic carbocycles. The van der Waals surface area contributed by atoms with Gasteiger partial charge in [-0.05, 0) is 20.9 Å². The van der Waals surface area contributed by atoms with Crippen LogP contribution >= 0.6 is 11.8 Å². The maximum absolute atomic E-state index is 2.40. The summed E-state index contributed by atoms with van der Waals surface area (Å²) in [6.07, 6.45) is 0. The van der Waals surface area contributed by atoms with E-state index in [9.17, 15) is 0 Å². The summed E-state index contributed by atoms with van der Waals surface area (Å²) < 4.78 is 0.493. The van der Waals surface area contributed by atoms with E-state index in [0.29, 0.717) is 4.75 Å². The van der Waals surface area contributed by atoms with Crippen LogP contribution in [0.2, 0.25) is 0 Å². The minimum atomic E-state index is 0.493. The third-order valence-electron chi connectivity index (χ3n) is 1.62. The number of rotatable bonds is 0. The van der Waals surface area contributed by atoms with Gasteiger partial charge in [0, 0.05) is 23.6 Å². The summed E-state index contributed by atoms with van der Waals surface area (Å²) in [7, 11) is 2.20. The van der Waals surface area contributed by atoms with Crippen molar-refractivity contribution >= 4 is 11.8 Å². The molecule has 0 atom stereocenters. The lowest BCUT2D eigenvalue weighted by Gasteiger charge is -2.35. The van der Waals surface area contributed by atoms with Gasteiger partial charge in [0.15, 0.2) is 0 Å². The molecule has 0 bridgehead atoms. The summed E-state index contributed by atoms with van der Waals surface area (Å²) in [5.74, 6) is 1.30. The van der Waals surface area contributed by atoms with E-state index >= 15 is 0 Å². The lowest BCUT2D eigenvalue weighted by molar-refractivity contribution is 0.316. The van der Waals surface area contributed by atoms with Gasteiger partial charge < -0.3 is 4.90 Å². The van der Waals surface area contributed by atoms with Crippen LogP contribution < -0.4 is 0 Å². The van der Waals surface area contributed by atoms with Crippen LogP contribution in [0.5, 0.6) is 0 Å². The average Bonchev–Trinajstić information content (AvgIpc) is 1.60. The summed E-state index contributed by atoms with van der Waals surface area (Å²) in [6, 6.07) is 0. The molecule has 1 aliphatic rings. The Morgan fingerprint density at radius 2 is 2.11 bits per heavy atom. The fourth-order valence-electron chi connectivity index (χ4n) is 1.25. The predicted molar refractivity (Wildman–Crippen MR) is 44.0 cm³/mol. The maximum atomic E-state index is 2.40. The SMILES string of the molecule is CN1CCSC(C)(C)C1. The molecular weight excluding hydrogens is 130 g/mol. The molecule has 1 rings (SSSR count). The van der Waals surface area contributed by atoms with Crippen molar-refractivity contribution in [2.24, 2.45) is 0 Å². The molecule has 1 aliphatic heterocycles. The second-order valence-corrected chi connectivity index (χ2v) is 5.15. The topological polar surface area (TPSA) is 3.24 Å². The largest absolute Gasteiger partial charge is 0.304 e. The van der Waals surface area contributed by atoms with E-state index in [1.165, 1.54) is 18.8 Å². The molecule has 0 radical (unpaired) electrons. The van der Waals surface area contributed by atoms with Gasteiger partial charge in [-0.15, -0.1) is 0 Å². The highest BCUT2D eigenvalue weighted by Gasteiger charge is 2.24. The standard InChI is InChI=1S/C7H15NS/c1-7(2)6-8(3)4-5-9-7/h4-6H2,1-3H3. The van der Waals surface area contributed by atoms with Gasteiger partial charge in [0.2, 0.25) is 0 Å². The number of thioether (sulfide) groups is 1. The van der Waals surface area contributed by atoms with Gasteiger partial charge in [0.25, 0.3) is 0 Å². The van der Waals surface area contributed by atoms with E-state index in [-0.39, 0.29) is 0 Å². The van der Waals surface area contributed by atoms with Gasteiger partial charge >= 0.3 is 0 Å². The summed E-state index contributed by atoms with van der Waals surface area (Å²) >= 11 is 2.08. The van der Waals surface area contributed by atoms with Crippen LogP contribution in [0.15, 0.2) is 0 Å². The summed E-state index contributed by atoms with van der Waals surface area (Å²) in [5.41, 5.74) is 0. The third-order valence-corrected chi connectivity index (χ3v) is 2.91. The molecule has 9 heavy (non-hydrogen) atoms. The van der Waals surface area contributed by atoms with Crippen molar-refractivity contribution in [3.63, 3.8) is 0 Å². The van der Waals surface area contributed by atoms with E-state index in [4.69, 9.17) is 0 Å². The minimum absolute atomic E-state index is 0.493. The van der Waals surface area contributed by atoms with Crippen LogP contribution in [0.1, 0.15) is 13.8 Å². The Balaban J connectivity index is 2.41. The Labute approximate surface area is 61.8 Å². The zero-order valence-electron chi connectivity index (χ0n) is 6.48. The van der Waals surface area contributed by atoms with Crippen molar-refractivity contribution in [3.8, 4) is 0 Å². The van der Waals surface area contributed by atoms with Crippen molar-refractivity contribution < 1.29 is 0 Å².